The van der Waals surface area contributed by atoms with Crippen LogP contribution in [-0.2, 0) is 4.79 Å². The second-order valence-corrected chi connectivity index (χ2v) is 8.74. The molecule has 2 amide bonds. The van der Waals surface area contributed by atoms with Gasteiger partial charge in [-0.05, 0) is 44.3 Å². The lowest BCUT2D eigenvalue weighted by Gasteiger charge is -2.32. The van der Waals surface area contributed by atoms with E-state index >= 15 is 0 Å². The summed E-state index contributed by atoms with van der Waals surface area (Å²) in [6.45, 7) is 9.14. The third-order valence-corrected chi connectivity index (χ3v) is 6.02. The molecule has 1 aromatic heterocycles. The zero-order valence-corrected chi connectivity index (χ0v) is 19.5. The highest BCUT2D eigenvalue weighted by molar-refractivity contribution is 6.07. The van der Waals surface area contributed by atoms with Gasteiger partial charge in [-0.15, -0.1) is 0 Å². The number of hydrogen-bond donors (Lipinski definition) is 2. The van der Waals surface area contributed by atoms with Crippen LogP contribution in [0.5, 0.6) is 0 Å². The fourth-order valence-electron chi connectivity index (χ4n) is 4.10. The highest BCUT2D eigenvalue weighted by atomic mass is 16.2. The van der Waals surface area contributed by atoms with Gasteiger partial charge < -0.3 is 15.5 Å². The molecule has 2 aromatic carbocycles. The van der Waals surface area contributed by atoms with Crippen LogP contribution in [-0.4, -0.2) is 72.9 Å². The molecule has 0 radical (unpaired) electrons. The minimum absolute atomic E-state index is 0.0850. The van der Waals surface area contributed by atoms with Crippen molar-refractivity contribution in [2.75, 3.05) is 51.6 Å². The standard InChI is InChI=1S/C26H31N5O2/c1-18-4-9-24-22(16-18)23(26(33)27-10-11-31-14-12-30(3)13-15-31)17-25(29-24)20-5-7-21(8-6-20)28-19(2)32/h4-9,16-17H,10-15H2,1-3H3,(H,27,33)(H,28,32). The average molecular weight is 446 g/mol. The summed E-state index contributed by atoms with van der Waals surface area (Å²) < 4.78 is 0. The van der Waals surface area contributed by atoms with E-state index in [0.29, 0.717) is 12.1 Å². The van der Waals surface area contributed by atoms with Crippen molar-refractivity contribution in [3.8, 4) is 11.3 Å². The van der Waals surface area contributed by atoms with Crippen molar-refractivity contribution in [1.29, 1.82) is 0 Å². The van der Waals surface area contributed by atoms with E-state index < -0.39 is 0 Å². The van der Waals surface area contributed by atoms with Crippen molar-refractivity contribution in [3.05, 3.63) is 59.7 Å². The molecular formula is C26H31N5O2. The second kappa shape index (κ2) is 10.1. The molecule has 0 spiro atoms. The Morgan fingerprint density at radius 2 is 1.73 bits per heavy atom. The molecule has 1 saturated heterocycles. The average Bonchev–Trinajstić information content (AvgIpc) is 2.80. The second-order valence-electron chi connectivity index (χ2n) is 8.74. The van der Waals surface area contributed by atoms with Crippen LogP contribution in [0.3, 0.4) is 0 Å². The number of hydrogen-bond acceptors (Lipinski definition) is 5. The van der Waals surface area contributed by atoms with Crippen molar-refractivity contribution in [2.24, 2.45) is 0 Å². The molecule has 0 bridgehead atoms. The maximum atomic E-state index is 13.2. The fraction of sp³-hybridized carbons (Fsp3) is 0.346. The fourth-order valence-corrected chi connectivity index (χ4v) is 4.10. The number of nitrogens with one attached hydrogen (secondary N) is 2. The van der Waals surface area contributed by atoms with E-state index in [-0.39, 0.29) is 11.8 Å². The van der Waals surface area contributed by atoms with Crippen LogP contribution in [0.25, 0.3) is 22.2 Å². The Labute approximate surface area is 194 Å². The number of rotatable bonds is 6. The van der Waals surface area contributed by atoms with E-state index in [1.54, 1.807) is 0 Å². The van der Waals surface area contributed by atoms with Gasteiger partial charge in [-0.2, -0.15) is 0 Å². The largest absolute Gasteiger partial charge is 0.351 e. The van der Waals surface area contributed by atoms with E-state index in [9.17, 15) is 9.59 Å². The monoisotopic (exact) mass is 445 g/mol. The van der Waals surface area contributed by atoms with Gasteiger partial charge in [0.05, 0.1) is 16.8 Å². The summed E-state index contributed by atoms with van der Waals surface area (Å²) in [5.74, 6) is -0.198. The predicted octanol–water partition coefficient (Wildman–Crippen LogP) is 3.15. The van der Waals surface area contributed by atoms with Gasteiger partial charge in [-0.3, -0.25) is 14.5 Å². The highest BCUT2D eigenvalue weighted by Crippen LogP contribution is 2.26. The van der Waals surface area contributed by atoms with E-state index in [4.69, 9.17) is 4.98 Å². The van der Waals surface area contributed by atoms with Crippen molar-refractivity contribution >= 4 is 28.4 Å². The number of aromatic nitrogens is 1. The van der Waals surface area contributed by atoms with Gasteiger partial charge in [0.2, 0.25) is 5.91 Å². The quantitative estimate of drug-likeness (QED) is 0.610. The number of nitrogens with zero attached hydrogens (tertiary/aromatic N) is 3. The summed E-state index contributed by atoms with van der Waals surface area (Å²) in [5.41, 5.74) is 4.84. The van der Waals surface area contributed by atoms with Crippen LogP contribution in [0.4, 0.5) is 5.69 Å². The molecule has 1 aliphatic rings. The van der Waals surface area contributed by atoms with Gasteiger partial charge in [0.15, 0.2) is 0 Å². The Hall–Kier alpha value is -3.29. The lowest BCUT2D eigenvalue weighted by Crippen LogP contribution is -2.46. The van der Waals surface area contributed by atoms with Crippen LogP contribution in [0.1, 0.15) is 22.8 Å². The number of carbonyl (C=O) groups excluding carboxylic acids is 2. The van der Waals surface area contributed by atoms with Crippen LogP contribution in [0, 0.1) is 6.92 Å². The number of anilines is 1. The molecular weight excluding hydrogens is 414 g/mol. The number of likely N-dealkylation sites (N-methyl/N-ethyl adjacent to an activating group) is 1. The molecule has 0 aliphatic carbocycles. The van der Waals surface area contributed by atoms with Crippen molar-refractivity contribution in [3.63, 3.8) is 0 Å². The molecule has 1 aliphatic heterocycles. The molecule has 172 valence electrons. The highest BCUT2D eigenvalue weighted by Gasteiger charge is 2.16. The number of fused-ring (bicyclic) bond motifs is 1. The zero-order valence-electron chi connectivity index (χ0n) is 19.5. The zero-order chi connectivity index (χ0) is 23.4. The first kappa shape index (κ1) is 22.9. The summed E-state index contributed by atoms with van der Waals surface area (Å²) in [4.78, 5) is 34.0. The van der Waals surface area contributed by atoms with Crippen LogP contribution in [0.2, 0.25) is 0 Å². The first-order valence-corrected chi connectivity index (χ1v) is 11.4. The summed E-state index contributed by atoms with van der Waals surface area (Å²) >= 11 is 0. The number of pyridine rings is 1. The van der Waals surface area contributed by atoms with Gasteiger partial charge >= 0.3 is 0 Å². The normalized spacial score (nSPS) is 14.9. The molecule has 7 heteroatoms. The SMILES string of the molecule is CC(=O)Nc1ccc(-c2cc(C(=O)NCCN3CCN(C)CC3)c3cc(C)ccc3n2)cc1. The van der Waals surface area contributed by atoms with Crippen molar-refractivity contribution in [2.45, 2.75) is 13.8 Å². The first-order valence-electron chi connectivity index (χ1n) is 11.4. The first-order chi connectivity index (χ1) is 15.9. The number of carbonyl (C=O) groups is 2. The summed E-state index contributed by atoms with van der Waals surface area (Å²) in [7, 11) is 2.14. The third kappa shape index (κ3) is 5.74. The van der Waals surface area contributed by atoms with Crippen LogP contribution in [0.15, 0.2) is 48.5 Å². The van der Waals surface area contributed by atoms with Gasteiger partial charge in [0, 0.05) is 62.8 Å². The lowest BCUT2D eigenvalue weighted by molar-refractivity contribution is -0.114. The van der Waals surface area contributed by atoms with Gasteiger partial charge in [-0.25, -0.2) is 4.98 Å². The molecule has 2 N–H and O–H groups in total. The smallest absolute Gasteiger partial charge is 0.252 e. The summed E-state index contributed by atoms with van der Waals surface area (Å²) in [6.07, 6.45) is 0. The molecule has 0 saturated carbocycles. The lowest BCUT2D eigenvalue weighted by atomic mass is 10.0. The van der Waals surface area contributed by atoms with E-state index in [2.05, 4.69) is 27.5 Å². The van der Waals surface area contributed by atoms with Crippen LogP contribution < -0.4 is 10.6 Å². The Bertz CT molecular complexity index is 1150. The van der Waals surface area contributed by atoms with Gasteiger partial charge in [0.1, 0.15) is 0 Å². The minimum Gasteiger partial charge on any atom is -0.351 e. The summed E-state index contributed by atoms with van der Waals surface area (Å²) in [6, 6.07) is 15.3. The summed E-state index contributed by atoms with van der Waals surface area (Å²) in [5, 5.41) is 6.73. The number of aryl methyl sites for hydroxylation is 1. The van der Waals surface area contributed by atoms with Gasteiger partial charge in [-0.1, -0.05) is 23.8 Å². The number of amides is 2. The Morgan fingerprint density at radius 3 is 2.42 bits per heavy atom. The molecule has 0 unspecified atom stereocenters. The van der Waals surface area contributed by atoms with Crippen LogP contribution >= 0.6 is 0 Å². The predicted molar refractivity (Wildman–Crippen MR) is 132 cm³/mol. The van der Waals surface area contributed by atoms with Crippen molar-refractivity contribution < 1.29 is 9.59 Å². The molecule has 0 atom stereocenters. The number of piperazine rings is 1. The van der Waals surface area contributed by atoms with Crippen molar-refractivity contribution in [1.82, 2.24) is 20.1 Å². The molecule has 2 heterocycles. The molecule has 3 aromatic rings. The minimum atomic E-state index is -0.113. The molecule has 4 rings (SSSR count). The maximum Gasteiger partial charge on any atom is 0.252 e. The van der Waals surface area contributed by atoms with Gasteiger partial charge in [0.25, 0.3) is 5.91 Å². The Balaban J connectivity index is 1.56. The Kier molecular flexibility index (Phi) is 7.01. The van der Waals surface area contributed by atoms with E-state index in [1.165, 1.54) is 6.92 Å². The Morgan fingerprint density at radius 1 is 1.00 bits per heavy atom. The van der Waals surface area contributed by atoms with E-state index in [0.717, 1.165) is 66.1 Å². The third-order valence-electron chi connectivity index (χ3n) is 6.02. The molecule has 33 heavy (non-hydrogen) atoms. The molecule has 1 fully saturated rings. The molecule has 7 nitrogen and oxygen atoms in total. The maximum absolute atomic E-state index is 13.2. The topological polar surface area (TPSA) is 77.6 Å². The number of benzene rings is 2. The van der Waals surface area contributed by atoms with E-state index in [1.807, 2.05) is 55.5 Å².